The Morgan fingerprint density at radius 2 is 1.96 bits per heavy atom. The van der Waals surface area contributed by atoms with E-state index < -0.39 is 5.41 Å². The number of hydrogen-bond acceptors (Lipinski definition) is 4. The fourth-order valence-corrected chi connectivity index (χ4v) is 2.92. The molecule has 0 aliphatic heterocycles. The number of fused-ring (bicyclic) bond motifs is 1. The van der Waals surface area contributed by atoms with E-state index in [2.05, 4.69) is 21.0 Å². The van der Waals surface area contributed by atoms with Crippen LogP contribution in [0.2, 0.25) is 0 Å². The van der Waals surface area contributed by atoms with Gasteiger partial charge in [-0.05, 0) is 44.2 Å². The number of aromatic nitrogens is 4. The van der Waals surface area contributed by atoms with Gasteiger partial charge in [-0.25, -0.2) is 14.4 Å². The summed E-state index contributed by atoms with van der Waals surface area (Å²) in [6.45, 7) is 3.63. The van der Waals surface area contributed by atoms with Crippen LogP contribution in [0, 0.1) is 17.1 Å². The Kier molecular flexibility index (Phi) is 3.93. The van der Waals surface area contributed by atoms with Crippen LogP contribution in [-0.2, 0) is 5.41 Å². The SMILES string of the molecule is CC(C)(C#N)c1ccn2c(-c3ccc(F)c(-c4cccnc4)c3)cnc2n1. The second-order valence-electron chi connectivity index (χ2n) is 6.80. The second-order valence-corrected chi connectivity index (χ2v) is 6.80. The zero-order chi connectivity index (χ0) is 19.0. The molecule has 4 rings (SSSR count). The van der Waals surface area contributed by atoms with Crippen LogP contribution in [0.15, 0.2) is 61.2 Å². The number of imidazole rings is 1. The molecule has 0 atom stereocenters. The quantitative estimate of drug-likeness (QED) is 0.545. The molecule has 0 bridgehead atoms. The van der Waals surface area contributed by atoms with Crippen molar-refractivity contribution in [2.75, 3.05) is 0 Å². The van der Waals surface area contributed by atoms with Gasteiger partial charge in [0.1, 0.15) is 5.82 Å². The Balaban J connectivity index is 1.83. The molecule has 27 heavy (non-hydrogen) atoms. The lowest BCUT2D eigenvalue weighted by molar-refractivity contribution is 0.631. The predicted octanol–water partition coefficient (Wildman–Crippen LogP) is 4.40. The molecule has 0 saturated heterocycles. The molecule has 3 heterocycles. The van der Waals surface area contributed by atoms with Crippen molar-refractivity contribution in [3.05, 3.63) is 72.7 Å². The maximum Gasteiger partial charge on any atom is 0.234 e. The molecule has 0 fully saturated rings. The molecule has 0 radical (unpaired) electrons. The van der Waals surface area contributed by atoms with Crippen molar-refractivity contribution in [1.82, 2.24) is 19.4 Å². The highest BCUT2D eigenvalue weighted by molar-refractivity contribution is 5.72. The normalized spacial score (nSPS) is 11.5. The second kappa shape index (κ2) is 6.29. The first kappa shape index (κ1) is 16.9. The van der Waals surface area contributed by atoms with Crippen LogP contribution in [0.3, 0.4) is 0 Å². The maximum absolute atomic E-state index is 14.3. The van der Waals surface area contributed by atoms with E-state index in [0.29, 0.717) is 22.6 Å². The lowest BCUT2D eigenvalue weighted by Gasteiger charge is -2.14. The smallest absolute Gasteiger partial charge is 0.234 e. The van der Waals surface area contributed by atoms with Crippen molar-refractivity contribution in [3.63, 3.8) is 0 Å². The summed E-state index contributed by atoms with van der Waals surface area (Å²) in [6.07, 6.45) is 6.83. The van der Waals surface area contributed by atoms with Gasteiger partial charge in [-0.15, -0.1) is 0 Å². The average Bonchev–Trinajstić information content (AvgIpc) is 3.12. The highest BCUT2D eigenvalue weighted by Crippen LogP contribution is 2.29. The number of pyridine rings is 1. The summed E-state index contributed by atoms with van der Waals surface area (Å²) in [5, 5.41) is 9.31. The first-order valence-electron chi connectivity index (χ1n) is 8.46. The fraction of sp³-hybridized carbons (Fsp3) is 0.143. The van der Waals surface area contributed by atoms with Gasteiger partial charge < -0.3 is 0 Å². The molecule has 0 saturated carbocycles. The number of halogens is 1. The minimum Gasteiger partial charge on any atom is -0.284 e. The highest BCUT2D eigenvalue weighted by Gasteiger charge is 2.22. The van der Waals surface area contributed by atoms with Crippen LogP contribution in [0.1, 0.15) is 19.5 Å². The molecule has 0 N–H and O–H groups in total. The summed E-state index contributed by atoms with van der Waals surface area (Å²) in [5.41, 5.74) is 2.76. The molecular formula is C21H16FN5. The van der Waals surface area contributed by atoms with Crippen LogP contribution in [0.4, 0.5) is 4.39 Å². The monoisotopic (exact) mass is 357 g/mol. The van der Waals surface area contributed by atoms with Gasteiger partial charge in [0, 0.05) is 35.3 Å². The van der Waals surface area contributed by atoms with Crippen molar-refractivity contribution in [3.8, 4) is 28.5 Å². The fourth-order valence-electron chi connectivity index (χ4n) is 2.92. The first-order chi connectivity index (χ1) is 13.0. The third-order valence-electron chi connectivity index (χ3n) is 4.53. The van der Waals surface area contributed by atoms with E-state index in [1.807, 2.05) is 36.6 Å². The first-order valence-corrected chi connectivity index (χ1v) is 8.46. The summed E-state index contributed by atoms with van der Waals surface area (Å²) >= 11 is 0. The van der Waals surface area contributed by atoms with Crippen molar-refractivity contribution in [2.24, 2.45) is 0 Å². The van der Waals surface area contributed by atoms with Crippen LogP contribution >= 0.6 is 0 Å². The molecule has 0 aliphatic rings. The van der Waals surface area contributed by atoms with Crippen molar-refractivity contribution >= 4 is 5.78 Å². The van der Waals surface area contributed by atoms with E-state index in [1.165, 1.54) is 6.07 Å². The number of rotatable bonds is 3. The summed E-state index contributed by atoms with van der Waals surface area (Å²) in [6, 6.07) is 12.6. The number of hydrogen-bond donors (Lipinski definition) is 0. The summed E-state index contributed by atoms with van der Waals surface area (Å²) in [4.78, 5) is 12.9. The van der Waals surface area contributed by atoms with Gasteiger partial charge in [0.2, 0.25) is 5.78 Å². The molecule has 0 unspecified atom stereocenters. The molecule has 0 aliphatic carbocycles. The topological polar surface area (TPSA) is 66.9 Å². The van der Waals surface area contributed by atoms with Crippen LogP contribution in [0.5, 0.6) is 0 Å². The van der Waals surface area contributed by atoms with Gasteiger partial charge in [-0.3, -0.25) is 9.38 Å². The average molecular weight is 357 g/mol. The summed E-state index contributed by atoms with van der Waals surface area (Å²) in [5.74, 6) is 0.190. The number of nitriles is 1. The molecule has 6 heteroatoms. The molecule has 5 nitrogen and oxygen atoms in total. The lowest BCUT2D eigenvalue weighted by atomic mass is 9.91. The summed E-state index contributed by atoms with van der Waals surface area (Å²) < 4.78 is 16.2. The summed E-state index contributed by atoms with van der Waals surface area (Å²) in [7, 11) is 0. The van der Waals surface area contributed by atoms with E-state index in [-0.39, 0.29) is 5.82 Å². The Hall–Kier alpha value is -3.59. The third-order valence-corrected chi connectivity index (χ3v) is 4.53. The van der Waals surface area contributed by atoms with Gasteiger partial charge in [0.15, 0.2) is 0 Å². The van der Waals surface area contributed by atoms with Gasteiger partial charge >= 0.3 is 0 Å². The van der Waals surface area contributed by atoms with Gasteiger partial charge in [0.05, 0.1) is 29.1 Å². The standard InChI is InChI=1S/C21H16FN5/c1-21(2,13-23)19-7-9-27-18(12-25-20(27)26-19)14-5-6-17(22)16(10-14)15-4-3-8-24-11-15/h3-12H,1-2H3. The van der Waals surface area contributed by atoms with Crippen molar-refractivity contribution in [2.45, 2.75) is 19.3 Å². The number of nitrogens with zero attached hydrogens (tertiary/aromatic N) is 5. The van der Waals surface area contributed by atoms with Gasteiger partial charge in [-0.2, -0.15) is 5.26 Å². The zero-order valence-corrected chi connectivity index (χ0v) is 14.9. The molecule has 0 amide bonds. The maximum atomic E-state index is 14.3. The molecule has 0 spiro atoms. The van der Waals surface area contributed by atoms with E-state index in [9.17, 15) is 9.65 Å². The van der Waals surface area contributed by atoms with E-state index in [1.54, 1.807) is 36.8 Å². The largest absolute Gasteiger partial charge is 0.284 e. The zero-order valence-electron chi connectivity index (χ0n) is 14.9. The highest BCUT2D eigenvalue weighted by atomic mass is 19.1. The van der Waals surface area contributed by atoms with Crippen molar-refractivity contribution < 1.29 is 4.39 Å². The molecule has 3 aromatic heterocycles. The van der Waals surface area contributed by atoms with Gasteiger partial charge in [-0.1, -0.05) is 6.07 Å². The van der Waals surface area contributed by atoms with E-state index >= 15 is 0 Å². The Labute approximate surface area is 155 Å². The Morgan fingerprint density at radius 1 is 1.11 bits per heavy atom. The molecular weight excluding hydrogens is 341 g/mol. The predicted molar refractivity (Wildman–Crippen MR) is 100 cm³/mol. The van der Waals surface area contributed by atoms with Crippen LogP contribution < -0.4 is 0 Å². The van der Waals surface area contributed by atoms with E-state index in [4.69, 9.17) is 0 Å². The third kappa shape index (κ3) is 2.93. The number of benzene rings is 1. The van der Waals surface area contributed by atoms with Gasteiger partial charge in [0.25, 0.3) is 0 Å². The molecule has 132 valence electrons. The Bertz CT molecular complexity index is 1170. The Morgan fingerprint density at radius 3 is 2.70 bits per heavy atom. The minimum absolute atomic E-state index is 0.309. The van der Waals surface area contributed by atoms with Crippen LogP contribution in [-0.4, -0.2) is 19.4 Å². The lowest BCUT2D eigenvalue weighted by Crippen LogP contribution is -2.16. The van der Waals surface area contributed by atoms with Crippen molar-refractivity contribution in [1.29, 1.82) is 5.26 Å². The molecule has 1 aromatic carbocycles. The molecule has 4 aromatic rings. The van der Waals surface area contributed by atoms with E-state index in [0.717, 1.165) is 11.3 Å². The van der Waals surface area contributed by atoms with Crippen LogP contribution in [0.25, 0.3) is 28.2 Å². The minimum atomic E-state index is -0.697.